The molecule has 9 heteroatoms. The van der Waals surface area contributed by atoms with Crippen molar-refractivity contribution in [3.8, 4) is 16.2 Å². The second-order valence-corrected chi connectivity index (χ2v) is 9.04. The summed E-state index contributed by atoms with van der Waals surface area (Å²) in [6, 6.07) is 16.8. The van der Waals surface area contributed by atoms with Crippen LogP contribution in [-0.4, -0.2) is 28.3 Å². The zero-order valence-electron chi connectivity index (χ0n) is 16.7. The SMILES string of the molecule is COc1ccc(NC(=O)CSc2nc3cc(-c4ccccc4)sc3c(=O)n2C)cc1Cl. The minimum absolute atomic E-state index is 0.102. The van der Waals surface area contributed by atoms with Gasteiger partial charge in [-0.25, -0.2) is 4.98 Å². The van der Waals surface area contributed by atoms with Gasteiger partial charge >= 0.3 is 0 Å². The first-order valence-corrected chi connectivity index (χ1v) is 11.5. The van der Waals surface area contributed by atoms with Crippen molar-refractivity contribution in [3.05, 3.63) is 70.0 Å². The highest BCUT2D eigenvalue weighted by Gasteiger charge is 2.15. The summed E-state index contributed by atoms with van der Waals surface area (Å²) in [4.78, 5) is 30.8. The largest absolute Gasteiger partial charge is 0.495 e. The Hall–Kier alpha value is -2.81. The highest BCUT2D eigenvalue weighted by molar-refractivity contribution is 7.99. The molecule has 31 heavy (non-hydrogen) atoms. The van der Waals surface area contributed by atoms with E-state index in [-0.39, 0.29) is 17.2 Å². The van der Waals surface area contributed by atoms with Crippen molar-refractivity contribution in [2.75, 3.05) is 18.2 Å². The fraction of sp³-hybridized carbons (Fsp3) is 0.136. The van der Waals surface area contributed by atoms with Crippen molar-refractivity contribution < 1.29 is 9.53 Å². The number of nitrogens with one attached hydrogen (secondary N) is 1. The maximum atomic E-state index is 12.8. The Labute approximate surface area is 191 Å². The second-order valence-electron chi connectivity index (χ2n) is 6.64. The number of thioether (sulfide) groups is 1. The first kappa shape index (κ1) is 21.4. The van der Waals surface area contributed by atoms with E-state index in [1.807, 2.05) is 36.4 Å². The Morgan fingerprint density at radius 1 is 1.23 bits per heavy atom. The Balaban J connectivity index is 1.51. The number of fused-ring (bicyclic) bond motifs is 1. The van der Waals surface area contributed by atoms with Crippen molar-refractivity contribution in [2.24, 2.45) is 7.05 Å². The van der Waals surface area contributed by atoms with Crippen LogP contribution < -0.4 is 15.6 Å². The lowest BCUT2D eigenvalue weighted by molar-refractivity contribution is -0.113. The number of rotatable bonds is 6. The van der Waals surface area contributed by atoms with Gasteiger partial charge in [-0.15, -0.1) is 11.3 Å². The van der Waals surface area contributed by atoms with Crippen molar-refractivity contribution in [2.45, 2.75) is 5.16 Å². The summed E-state index contributed by atoms with van der Waals surface area (Å²) in [6.45, 7) is 0. The number of hydrogen-bond donors (Lipinski definition) is 1. The molecule has 0 atom stereocenters. The predicted molar refractivity (Wildman–Crippen MR) is 128 cm³/mol. The number of nitrogens with zero attached hydrogens (tertiary/aromatic N) is 2. The normalized spacial score (nSPS) is 10.9. The fourth-order valence-corrected chi connectivity index (χ4v) is 5.09. The molecule has 0 bridgehead atoms. The molecule has 2 heterocycles. The number of amides is 1. The number of thiophene rings is 1. The van der Waals surface area contributed by atoms with Crippen molar-refractivity contribution in [1.29, 1.82) is 0 Å². The summed E-state index contributed by atoms with van der Waals surface area (Å²) < 4.78 is 7.19. The molecule has 4 aromatic rings. The van der Waals surface area contributed by atoms with E-state index >= 15 is 0 Å². The van der Waals surface area contributed by atoms with Gasteiger partial charge in [0.1, 0.15) is 10.4 Å². The Morgan fingerprint density at radius 2 is 2.00 bits per heavy atom. The molecule has 0 saturated heterocycles. The third kappa shape index (κ3) is 4.61. The van der Waals surface area contributed by atoms with Gasteiger partial charge in [0.25, 0.3) is 5.56 Å². The second kappa shape index (κ2) is 9.13. The van der Waals surface area contributed by atoms with E-state index < -0.39 is 0 Å². The van der Waals surface area contributed by atoms with Crippen molar-refractivity contribution in [1.82, 2.24) is 9.55 Å². The molecule has 0 radical (unpaired) electrons. The van der Waals surface area contributed by atoms with E-state index in [0.29, 0.717) is 31.8 Å². The molecular formula is C22H18ClN3O3S2. The minimum Gasteiger partial charge on any atom is -0.495 e. The summed E-state index contributed by atoms with van der Waals surface area (Å²) in [5.41, 5.74) is 2.12. The first-order valence-electron chi connectivity index (χ1n) is 9.28. The van der Waals surface area contributed by atoms with Crippen LogP contribution in [-0.2, 0) is 11.8 Å². The van der Waals surface area contributed by atoms with Crippen LogP contribution in [0.2, 0.25) is 5.02 Å². The molecule has 0 fully saturated rings. The van der Waals surface area contributed by atoms with E-state index in [2.05, 4.69) is 10.3 Å². The number of halogens is 1. The minimum atomic E-state index is -0.226. The van der Waals surface area contributed by atoms with Crippen LogP contribution in [0.25, 0.3) is 20.7 Å². The Morgan fingerprint density at radius 3 is 2.71 bits per heavy atom. The topological polar surface area (TPSA) is 73.2 Å². The lowest BCUT2D eigenvalue weighted by Crippen LogP contribution is -2.20. The Bertz CT molecular complexity index is 1320. The van der Waals surface area contributed by atoms with Gasteiger partial charge in [-0.1, -0.05) is 53.7 Å². The molecule has 0 aliphatic heterocycles. The van der Waals surface area contributed by atoms with Gasteiger partial charge in [0.15, 0.2) is 5.16 Å². The van der Waals surface area contributed by atoms with Gasteiger partial charge in [-0.2, -0.15) is 0 Å². The Kier molecular flexibility index (Phi) is 6.31. The number of carbonyl (C=O) groups is 1. The number of aromatic nitrogens is 2. The molecule has 1 N–H and O–H groups in total. The number of benzene rings is 2. The molecule has 4 rings (SSSR count). The molecule has 1 amide bonds. The zero-order valence-corrected chi connectivity index (χ0v) is 19.1. The van der Waals surface area contributed by atoms with Crippen LogP contribution in [0.15, 0.2) is 64.5 Å². The summed E-state index contributed by atoms with van der Waals surface area (Å²) in [5.74, 6) is 0.411. The van der Waals surface area contributed by atoms with Gasteiger partial charge < -0.3 is 10.1 Å². The molecule has 158 valence electrons. The van der Waals surface area contributed by atoms with Gasteiger partial charge in [-0.3, -0.25) is 14.2 Å². The summed E-state index contributed by atoms with van der Waals surface area (Å²) in [6.07, 6.45) is 0. The fourth-order valence-electron chi connectivity index (χ4n) is 2.98. The standard InChI is InChI=1S/C22H18ClN3O3S2/c1-26-21(28)20-16(11-18(31-20)13-6-4-3-5-7-13)25-22(26)30-12-19(27)24-14-8-9-17(29-2)15(23)10-14/h3-11H,12H2,1-2H3,(H,24,27). The highest BCUT2D eigenvalue weighted by Crippen LogP contribution is 2.32. The number of methoxy groups -OCH3 is 1. The van der Waals surface area contributed by atoms with Gasteiger partial charge in [-0.05, 0) is 29.8 Å². The van der Waals surface area contributed by atoms with E-state index in [1.165, 1.54) is 34.8 Å². The molecule has 0 spiro atoms. The lowest BCUT2D eigenvalue weighted by atomic mass is 10.2. The molecule has 0 unspecified atom stereocenters. The smallest absolute Gasteiger partial charge is 0.271 e. The van der Waals surface area contributed by atoms with Crippen LogP contribution in [0.1, 0.15) is 0 Å². The monoisotopic (exact) mass is 471 g/mol. The predicted octanol–water partition coefficient (Wildman–Crippen LogP) is 5.05. The van der Waals surface area contributed by atoms with Gasteiger partial charge in [0.05, 0.1) is 23.4 Å². The van der Waals surface area contributed by atoms with Crippen molar-refractivity contribution >= 4 is 56.5 Å². The van der Waals surface area contributed by atoms with Crippen LogP contribution in [0.3, 0.4) is 0 Å². The van der Waals surface area contributed by atoms with Crippen LogP contribution in [0.5, 0.6) is 5.75 Å². The van der Waals surface area contributed by atoms with Crippen molar-refractivity contribution in [3.63, 3.8) is 0 Å². The summed E-state index contributed by atoms with van der Waals surface area (Å²) in [5, 5.41) is 3.68. The van der Waals surface area contributed by atoms with E-state index in [0.717, 1.165) is 10.4 Å². The molecule has 0 aliphatic carbocycles. The maximum absolute atomic E-state index is 12.8. The number of anilines is 1. The zero-order chi connectivity index (χ0) is 22.0. The molecule has 6 nitrogen and oxygen atoms in total. The third-order valence-corrected chi connectivity index (χ3v) is 7.03. The van der Waals surface area contributed by atoms with Gasteiger partial charge in [0.2, 0.25) is 5.91 Å². The molecule has 2 aromatic carbocycles. The summed E-state index contributed by atoms with van der Waals surface area (Å²) >= 11 is 8.73. The van der Waals surface area contributed by atoms with Crippen LogP contribution >= 0.6 is 34.7 Å². The number of carbonyl (C=O) groups excluding carboxylic acids is 1. The molecular weight excluding hydrogens is 454 g/mol. The number of ether oxygens (including phenoxy) is 1. The van der Waals surface area contributed by atoms with Crippen LogP contribution in [0.4, 0.5) is 5.69 Å². The van der Waals surface area contributed by atoms with Gasteiger partial charge in [0, 0.05) is 17.6 Å². The average molecular weight is 472 g/mol. The molecule has 2 aromatic heterocycles. The molecule has 0 aliphatic rings. The number of hydrogen-bond acceptors (Lipinski definition) is 6. The van der Waals surface area contributed by atoms with E-state index in [4.69, 9.17) is 16.3 Å². The highest BCUT2D eigenvalue weighted by atomic mass is 35.5. The van der Waals surface area contributed by atoms with Crippen LogP contribution in [0, 0.1) is 0 Å². The molecule has 0 saturated carbocycles. The summed E-state index contributed by atoms with van der Waals surface area (Å²) in [7, 11) is 3.20. The maximum Gasteiger partial charge on any atom is 0.271 e. The lowest BCUT2D eigenvalue weighted by Gasteiger charge is -2.09. The third-order valence-electron chi connectivity index (χ3n) is 4.54. The quantitative estimate of drug-likeness (QED) is 0.314. The average Bonchev–Trinajstić information content (AvgIpc) is 3.20. The van der Waals surface area contributed by atoms with E-state index in [1.54, 1.807) is 25.2 Å². The van der Waals surface area contributed by atoms with E-state index in [9.17, 15) is 9.59 Å². The first-order chi connectivity index (χ1) is 15.0.